The zero-order valence-corrected chi connectivity index (χ0v) is 26.1. The predicted octanol–water partition coefficient (Wildman–Crippen LogP) is 6.10. The van der Waals surface area contributed by atoms with Gasteiger partial charge in [0.25, 0.3) is 11.5 Å². The number of nitrogens with one attached hydrogen (secondary N) is 1. The van der Waals surface area contributed by atoms with Crippen LogP contribution in [0, 0.1) is 11.8 Å². The molecular formula is C38H32N6O3. The number of aromatic nitrogens is 4. The quantitative estimate of drug-likeness (QED) is 0.207. The van der Waals surface area contributed by atoms with Crippen molar-refractivity contribution in [1.82, 2.24) is 24.8 Å². The van der Waals surface area contributed by atoms with Crippen LogP contribution in [0.3, 0.4) is 0 Å². The van der Waals surface area contributed by atoms with Gasteiger partial charge in [-0.3, -0.25) is 19.1 Å². The largest absolute Gasteiger partial charge is 0.491 e. The highest BCUT2D eigenvalue weighted by atomic mass is 16.5. The molecule has 232 valence electrons. The van der Waals surface area contributed by atoms with Crippen LogP contribution in [0.1, 0.15) is 54.1 Å². The lowest BCUT2D eigenvalue weighted by atomic mass is 10.0. The second-order valence-corrected chi connectivity index (χ2v) is 11.2. The average Bonchev–Trinajstić information content (AvgIpc) is 3.08. The summed E-state index contributed by atoms with van der Waals surface area (Å²) in [7, 11) is 0. The lowest BCUT2D eigenvalue weighted by Crippen LogP contribution is -2.33. The van der Waals surface area contributed by atoms with E-state index in [0.717, 1.165) is 16.9 Å². The van der Waals surface area contributed by atoms with Crippen molar-refractivity contribution in [3.63, 3.8) is 0 Å². The molecule has 1 amide bonds. The summed E-state index contributed by atoms with van der Waals surface area (Å²) in [6.45, 7) is 5.73. The van der Waals surface area contributed by atoms with E-state index in [1.54, 1.807) is 17.0 Å². The molecule has 3 heterocycles. The maximum Gasteiger partial charge on any atom is 0.274 e. The molecule has 3 N–H and O–H groups in total. The lowest BCUT2D eigenvalue weighted by Gasteiger charge is -2.21. The van der Waals surface area contributed by atoms with Crippen molar-refractivity contribution in [1.29, 1.82) is 0 Å². The number of nitrogen functional groups attached to an aromatic ring is 1. The Hall–Kier alpha value is -6.27. The van der Waals surface area contributed by atoms with Gasteiger partial charge < -0.3 is 15.8 Å². The van der Waals surface area contributed by atoms with Crippen molar-refractivity contribution in [2.24, 2.45) is 0 Å². The number of hydrogen-bond acceptors (Lipinski definition) is 7. The summed E-state index contributed by atoms with van der Waals surface area (Å²) in [6.07, 6.45) is 4.92. The number of nitrogens with two attached hydrogens (primary N) is 1. The molecule has 1 unspecified atom stereocenters. The van der Waals surface area contributed by atoms with Crippen LogP contribution in [-0.2, 0) is 0 Å². The Morgan fingerprint density at radius 3 is 2.38 bits per heavy atom. The molecule has 3 aromatic carbocycles. The highest BCUT2D eigenvalue weighted by Crippen LogP contribution is 2.25. The number of amides is 1. The predicted molar refractivity (Wildman–Crippen MR) is 183 cm³/mol. The van der Waals surface area contributed by atoms with E-state index in [1.165, 1.54) is 6.20 Å². The van der Waals surface area contributed by atoms with Gasteiger partial charge >= 0.3 is 0 Å². The van der Waals surface area contributed by atoms with E-state index in [4.69, 9.17) is 10.5 Å². The summed E-state index contributed by atoms with van der Waals surface area (Å²) in [5, 5.41) is 4.17. The molecule has 0 saturated carbocycles. The van der Waals surface area contributed by atoms with Gasteiger partial charge in [0.15, 0.2) is 11.5 Å². The number of rotatable bonds is 7. The van der Waals surface area contributed by atoms with Crippen LogP contribution in [0.2, 0.25) is 0 Å². The topological polar surface area (TPSA) is 125 Å². The minimum atomic E-state index is -0.622. The first kappa shape index (κ1) is 30.7. The van der Waals surface area contributed by atoms with E-state index in [-0.39, 0.29) is 23.2 Å². The number of anilines is 1. The number of nitrogens with zero attached hydrogens (tertiary/aromatic N) is 4. The standard InChI is InChI=1S/C38H32N6O3/c1-24(2)47-31-16-14-27(15-17-31)32-23-41-36(39)35(43-32)37(45)42-25(3)33-22-29-9-7-8-28(13-12-26-18-20-40-21-19-26)34(29)38(46)44(33)30-10-5-4-6-11-30/h4-11,14-25H,1-3H3,(H2,39,41)(H,42,45). The second kappa shape index (κ2) is 13.4. The first-order chi connectivity index (χ1) is 22.8. The number of benzene rings is 3. The molecule has 0 aliphatic rings. The maximum atomic E-state index is 14.3. The van der Waals surface area contributed by atoms with Gasteiger partial charge in [0.2, 0.25) is 0 Å². The van der Waals surface area contributed by atoms with Crippen LogP contribution in [0.15, 0.2) is 114 Å². The zero-order valence-electron chi connectivity index (χ0n) is 26.1. The van der Waals surface area contributed by atoms with Gasteiger partial charge in [-0.15, -0.1) is 0 Å². The Labute approximate surface area is 272 Å². The zero-order chi connectivity index (χ0) is 32.9. The fourth-order valence-electron chi connectivity index (χ4n) is 5.24. The number of hydrogen-bond donors (Lipinski definition) is 2. The van der Waals surface area contributed by atoms with Gasteiger partial charge in [-0.2, -0.15) is 0 Å². The molecule has 0 radical (unpaired) electrons. The van der Waals surface area contributed by atoms with Crippen LogP contribution >= 0.6 is 0 Å². The Kier molecular flexibility index (Phi) is 8.75. The lowest BCUT2D eigenvalue weighted by molar-refractivity contribution is 0.0934. The highest BCUT2D eigenvalue weighted by Gasteiger charge is 2.22. The first-order valence-corrected chi connectivity index (χ1v) is 15.1. The Balaban J connectivity index is 1.37. The van der Waals surface area contributed by atoms with Gasteiger partial charge in [-0.05, 0) is 86.8 Å². The van der Waals surface area contributed by atoms with Crippen molar-refractivity contribution in [2.75, 3.05) is 5.73 Å². The molecule has 1 atom stereocenters. The minimum Gasteiger partial charge on any atom is -0.491 e. The molecule has 0 spiro atoms. The van der Waals surface area contributed by atoms with Crippen LogP contribution in [0.25, 0.3) is 27.7 Å². The van der Waals surface area contributed by atoms with Crippen molar-refractivity contribution in [3.8, 4) is 34.5 Å². The summed E-state index contributed by atoms with van der Waals surface area (Å²) in [5.74, 6) is 6.50. The Morgan fingerprint density at radius 1 is 0.915 bits per heavy atom. The number of carbonyl (C=O) groups is 1. The van der Waals surface area contributed by atoms with Gasteiger partial charge in [-0.1, -0.05) is 42.2 Å². The molecule has 47 heavy (non-hydrogen) atoms. The van der Waals surface area contributed by atoms with Gasteiger partial charge in [0.05, 0.1) is 29.4 Å². The van der Waals surface area contributed by atoms with E-state index >= 15 is 0 Å². The molecular weight excluding hydrogens is 588 g/mol. The van der Waals surface area contributed by atoms with E-state index in [2.05, 4.69) is 32.1 Å². The average molecular weight is 621 g/mol. The second-order valence-electron chi connectivity index (χ2n) is 11.2. The van der Waals surface area contributed by atoms with E-state index in [9.17, 15) is 9.59 Å². The van der Waals surface area contributed by atoms with Crippen LogP contribution in [0.5, 0.6) is 5.75 Å². The van der Waals surface area contributed by atoms with Gasteiger partial charge in [0, 0.05) is 40.5 Å². The van der Waals surface area contributed by atoms with Crippen LogP contribution in [0.4, 0.5) is 5.82 Å². The van der Waals surface area contributed by atoms with Crippen molar-refractivity contribution >= 4 is 22.5 Å². The van der Waals surface area contributed by atoms with Gasteiger partial charge in [0.1, 0.15) is 5.75 Å². The van der Waals surface area contributed by atoms with Crippen LogP contribution < -0.4 is 21.3 Å². The summed E-state index contributed by atoms with van der Waals surface area (Å²) < 4.78 is 7.34. The normalized spacial score (nSPS) is 11.5. The molecule has 3 aromatic heterocycles. The van der Waals surface area contributed by atoms with E-state index in [0.29, 0.717) is 33.4 Å². The smallest absolute Gasteiger partial charge is 0.274 e. The molecule has 0 saturated heterocycles. The maximum absolute atomic E-state index is 14.3. The summed E-state index contributed by atoms with van der Waals surface area (Å²) >= 11 is 0. The molecule has 6 aromatic rings. The Morgan fingerprint density at radius 2 is 1.66 bits per heavy atom. The summed E-state index contributed by atoms with van der Waals surface area (Å²) in [4.78, 5) is 40.8. The molecule has 9 nitrogen and oxygen atoms in total. The fourth-order valence-corrected chi connectivity index (χ4v) is 5.24. The number of pyridine rings is 2. The SMILES string of the molecule is CC(C)Oc1ccc(-c2cnc(N)c(C(=O)NC(C)c3cc4cccc(C#Cc5ccncc5)c4c(=O)n3-c3ccccc3)n2)cc1. The van der Waals surface area contributed by atoms with Crippen molar-refractivity contribution in [3.05, 3.63) is 142 Å². The van der Waals surface area contributed by atoms with Crippen molar-refractivity contribution in [2.45, 2.75) is 32.9 Å². The summed E-state index contributed by atoms with van der Waals surface area (Å²) in [6, 6.07) is 27.1. The van der Waals surface area contributed by atoms with Crippen LogP contribution in [-0.4, -0.2) is 31.5 Å². The third kappa shape index (κ3) is 6.72. The van der Waals surface area contributed by atoms with Gasteiger partial charge in [-0.25, -0.2) is 9.97 Å². The number of carbonyl (C=O) groups excluding carboxylic acids is 1. The fraction of sp³-hybridized carbons (Fsp3) is 0.132. The molecule has 0 aliphatic carbocycles. The monoisotopic (exact) mass is 620 g/mol. The first-order valence-electron chi connectivity index (χ1n) is 15.1. The number of ether oxygens (including phenoxy) is 1. The minimum absolute atomic E-state index is 0.00501. The van der Waals surface area contributed by atoms with E-state index in [1.807, 2.05) is 112 Å². The van der Waals surface area contributed by atoms with Crippen molar-refractivity contribution < 1.29 is 9.53 Å². The Bertz CT molecular complexity index is 2190. The molecule has 0 bridgehead atoms. The summed E-state index contributed by atoms with van der Waals surface area (Å²) in [5.41, 5.74) is 9.73. The number of fused-ring (bicyclic) bond motifs is 1. The number of para-hydroxylation sites is 1. The third-order valence-corrected chi connectivity index (χ3v) is 7.44. The third-order valence-electron chi connectivity index (χ3n) is 7.44. The molecule has 6 rings (SSSR count). The van der Waals surface area contributed by atoms with E-state index < -0.39 is 11.9 Å². The molecule has 9 heteroatoms. The highest BCUT2D eigenvalue weighted by molar-refractivity contribution is 5.97. The molecule has 0 fully saturated rings. The molecule has 0 aliphatic heterocycles.